The molecule has 1 heteroatoms. The molecule has 2 rings (SSSR count). The summed E-state index contributed by atoms with van der Waals surface area (Å²) in [5.41, 5.74) is 0.784. The maximum atomic E-state index is 2.46. The highest BCUT2D eigenvalue weighted by Crippen LogP contribution is 2.56. The average molecular weight is 125 g/mol. The standard InChI is InChI=1S/C8H15N/c1-8-3-4-9(2)6-7(8)5-8/h7H,3-6H2,1-2H3/t7?,8-/m0/s1. The number of piperidine rings is 1. The molecule has 0 N–H and O–H groups in total. The lowest BCUT2D eigenvalue weighted by Gasteiger charge is -2.25. The first kappa shape index (κ1) is 5.72. The molecular formula is C8H15N. The van der Waals surface area contributed by atoms with Gasteiger partial charge in [0.2, 0.25) is 0 Å². The van der Waals surface area contributed by atoms with Crippen LogP contribution in [0.1, 0.15) is 19.8 Å². The molecule has 0 radical (unpaired) electrons. The zero-order chi connectivity index (χ0) is 6.48. The van der Waals surface area contributed by atoms with Crippen molar-refractivity contribution in [2.24, 2.45) is 11.3 Å². The predicted molar refractivity (Wildman–Crippen MR) is 38.3 cm³/mol. The highest BCUT2D eigenvalue weighted by molar-refractivity contribution is 5.02. The Balaban J connectivity index is 2.01. The smallest absolute Gasteiger partial charge is 0.00120 e. The molecule has 1 unspecified atom stereocenters. The van der Waals surface area contributed by atoms with E-state index in [0.29, 0.717) is 0 Å². The van der Waals surface area contributed by atoms with Crippen LogP contribution in [0.25, 0.3) is 0 Å². The molecule has 0 aromatic heterocycles. The minimum Gasteiger partial charge on any atom is -0.306 e. The second-order valence-corrected chi connectivity index (χ2v) is 4.07. The Bertz CT molecular complexity index is 133. The summed E-state index contributed by atoms with van der Waals surface area (Å²) in [5.74, 6) is 1.05. The van der Waals surface area contributed by atoms with Crippen LogP contribution in [0.2, 0.25) is 0 Å². The Hall–Kier alpha value is -0.0400. The van der Waals surface area contributed by atoms with Gasteiger partial charge < -0.3 is 4.90 Å². The Morgan fingerprint density at radius 2 is 2.33 bits per heavy atom. The number of hydrogen-bond acceptors (Lipinski definition) is 1. The summed E-state index contributed by atoms with van der Waals surface area (Å²) >= 11 is 0. The van der Waals surface area contributed by atoms with E-state index < -0.39 is 0 Å². The van der Waals surface area contributed by atoms with Gasteiger partial charge in [-0.3, -0.25) is 0 Å². The molecule has 1 aliphatic carbocycles. The minimum atomic E-state index is 0.784. The Morgan fingerprint density at radius 3 is 2.89 bits per heavy atom. The quantitative estimate of drug-likeness (QED) is 0.472. The molecule has 1 nitrogen and oxygen atoms in total. The van der Waals surface area contributed by atoms with Crippen molar-refractivity contribution in [1.29, 1.82) is 0 Å². The molecule has 1 saturated heterocycles. The lowest BCUT2D eigenvalue weighted by Crippen LogP contribution is -2.30. The van der Waals surface area contributed by atoms with Gasteiger partial charge in [0.1, 0.15) is 0 Å². The van der Waals surface area contributed by atoms with Crippen molar-refractivity contribution >= 4 is 0 Å². The van der Waals surface area contributed by atoms with Crippen LogP contribution >= 0.6 is 0 Å². The molecule has 1 saturated carbocycles. The van der Waals surface area contributed by atoms with Crippen molar-refractivity contribution in [3.63, 3.8) is 0 Å². The third-order valence-electron chi connectivity index (χ3n) is 3.13. The first-order chi connectivity index (χ1) is 4.21. The fourth-order valence-electron chi connectivity index (χ4n) is 2.01. The fourth-order valence-corrected chi connectivity index (χ4v) is 2.01. The van der Waals surface area contributed by atoms with Crippen LogP contribution in [0.4, 0.5) is 0 Å². The van der Waals surface area contributed by atoms with Crippen LogP contribution in [0.3, 0.4) is 0 Å². The van der Waals surface area contributed by atoms with E-state index in [1.54, 1.807) is 0 Å². The van der Waals surface area contributed by atoms with Crippen molar-refractivity contribution < 1.29 is 0 Å². The third kappa shape index (κ3) is 0.787. The van der Waals surface area contributed by atoms with Crippen molar-refractivity contribution in [3.05, 3.63) is 0 Å². The van der Waals surface area contributed by atoms with Crippen molar-refractivity contribution in [2.75, 3.05) is 20.1 Å². The number of likely N-dealkylation sites (tertiary alicyclic amines) is 1. The van der Waals surface area contributed by atoms with Gasteiger partial charge in [-0.1, -0.05) is 6.92 Å². The van der Waals surface area contributed by atoms with E-state index in [1.807, 2.05) is 0 Å². The molecule has 1 heterocycles. The maximum Gasteiger partial charge on any atom is 0.00120 e. The maximum absolute atomic E-state index is 2.46. The lowest BCUT2D eigenvalue weighted by molar-refractivity contribution is 0.222. The molecule has 2 aliphatic rings. The highest BCUT2D eigenvalue weighted by Gasteiger charge is 2.51. The van der Waals surface area contributed by atoms with Crippen molar-refractivity contribution in [1.82, 2.24) is 4.90 Å². The van der Waals surface area contributed by atoms with Crippen LogP contribution in [0.5, 0.6) is 0 Å². The first-order valence-corrected chi connectivity index (χ1v) is 3.89. The lowest BCUT2D eigenvalue weighted by atomic mass is 9.98. The summed E-state index contributed by atoms with van der Waals surface area (Å²) in [5, 5.41) is 0. The minimum absolute atomic E-state index is 0.784. The second-order valence-electron chi connectivity index (χ2n) is 4.07. The van der Waals surface area contributed by atoms with Gasteiger partial charge in [0.25, 0.3) is 0 Å². The summed E-state index contributed by atoms with van der Waals surface area (Å²) in [4.78, 5) is 2.46. The highest BCUT2D eigenvalue weighted by atomic mass is 15.1. The van der Waals surface area contributed by atoms with Gasteiger partial charge in [0, 0.05) is 6.54 Å². The molecule has 9 heavy (non-hydrogen) atoms. The molecule has 0 aromatic carbocycles. The Kier molecular flexibility index (Phi) is 0.963. The van der Waals surface area contributed by atoms with E-state index >= 15 is 0 Å². The van der Waals surface area contributed by atoms with Crippen LogP contribution in [0, 0.1) is 11.3 Å². The molecule has 0 aromatic rings. The topological polar surface area (TPSA) is 3.24 Å². The van der Waals surface area contributed by atoms with Crippen molar-refractivity contribution in [2.45, 2.75) is 19.8 Å². The zero-order valence-electron chi connectivity index (χ0n) is 6.35. The van der Waals surface area contributed by atoms with Crippen LogP contribution in [-0.4, -0.2) is 25.0 Å². The third-order valence-corrected chi connectivity index (χ3v) is 3.13. The monoisotopic (exact) mass is 125 g/mol. The Morgan fingerprint density at radius 1 is 1.56 bits per heavy atom. The van der Waals surface area contributed by atoms with Gasteiger partial charge in [-0.05, 0) is 37.8 Å². The fraction of sp³-hybridized carbons (Fsp3) is 1.00. The average Bonchev–Trinajstić information content (AvgIpc) is 2.41. The number of rotatable bonds is 0. The van der Waals surface area contributed by atoms with E-state index in [0.717, 1.165) is 11.3 Å². The van der Waals surface area contributed by atoms with Crippen LogP contribution in [0.15, 0.2) is 0 Å². The van der Waals surface area contributed by atoms with Gasteiger partial charge in [0.05, 0.1) is 0 Å². The largest absolute Gasteiger partial charge is 0.306 e. The molecule has 2 fully saturated rings. The van der Waals surface area contributed by atoms with E-state index in [1.165, 1.54) is 25.9 Å². The number of nitrogens with zero attached hydrogens (tertiary/aromatic N) is 1. The molecule has 0 bridgehead atoms. The zero-order valence-corrected chi connectivity index (χ0v) is 6.35. The van der Waals surface area contributed by atoms with Crippen LogP contribution in [-0.2, 0) is 0 Å². The van der Waals surface area contributed by atoms with Gasteiger partial charge in [0.15, 0.2) is 0 Å². The molecule has 2 atom stereocenters. The van der Waals surface area contributed by atoms with E-state index in [9.17, 15) is 0 Å². The van der Waals surface area contributed by atoms with Gasteiger partial charge in [-0.2, -0.15) is 0 Å². The molecule has 1 aliphatic heterocycles. The molecule has 52 valence electrons. The summed E-state index contributed by atoms with van der Waals surface area (Å²) in [6.45, 7) is 5.12. The van der Waals surface area contributed by atoms with Crippen molar-refractivity contribution in [3.8, 4) is 0 Å². The molecule has 0 spiro atoms. The predicted octanol–water partition coefficient (Wildman–Crippen LogP) is 1.35. The normalized spacial score (nSPS) is 50.7. The first-order valence-electron chi connectivity index (χ1n) is 3.89. The number of fused-ring (bicyclic) bond motifs is 1. The van der Waals surface area contributed by atoms with Gasteiger partial charge in [-0.25, -0.2) is 0 Å². The van der Waals surface area contributed by atoms with E-state index in [-0.39, 0.29) is 0 Å². The SMILES string of the molecule is CN1CC[C@@]2(C)CC2C1. The second kappa shape index (κ2) is 1.51. The van der Waals surface area contributed by atoms with E-state index in [2.05, 4.69) is 18.9 Å². The summed E-state index contributed by atoms with van der Waals surface area (Å²) in [6, 6.07) is 0. The summed E-state index contributed by atoms with van der Waals surface area (Å²) < 4.78 is 0. The molecular weight excluding hydrogens is 110 g/mol. The summed E-state index contributed by atoms with van der Waals surface area (Å²) in [7, 11) is 2.23. The van der Waals surface area contributed by atoms with Gasteiger partial charge >= 0.3 is 0 Å². The Labute approximate surface area is 57.0 Å². The number of hydrogen-bond donors (Lipinski definition) is 0. The van der Waals surface area contributed by atoms with Gasteiger partial charge in [-0.15, -0.1) is 0 Å². The summed E-state index contributed by atoms with van der Waals surface area (Å²) in [6.07, 6.45) is 2.94. The van der Waals surface area contributed by atoms with E-state index in [4.69, 9.17) is 0 Å². The molecule has 0 amide bonds. The van der Waals surface area contributed by atoms with Crippen LogP contribution < -0.4 is 0 Å².